The van der Waals surface area contributed by atoms with Crippen molar-refractivity contribution < 1.29 is 18.8 Å². The second kappa shape index (κ2) is 10.9. The predicted octanol–water partition coefficient (Wildman–Crippen LogP) is 3.15. The maximum Gasteiger partial charge on any atom is 0.228 e. The first-order chi connectivity index (χ1) is 14.1. The van der Waals surface area contributed by atoms with Gasteiger partial charge in [0.05, 0.1) is 25.5 Å². The predicted molar refractivity (Wildman–Crippen MR) is 111 cm³/mol. The van der Waals surface area contributed by atoms with Crippen LogP contribution in [0.2, 0.25) is 0 Å². The first-order valence-corrected chi connectivity index (χ1v) is 9.96. The Balaban J connectivity index is 1.58. The lowest BCUT2D eigenvalue weighted by Gasteiger charge is -2.23. The summed E-state index contributed by atoms with van der Waals surface area (Å²) >= 11 is 3.41. The van der Waals surface area contributed by atoms with E-state index in [9.17, 15) is 5.11 Å². The standard InChI is InChI=1S/C21H22BrN3O4/c1-2-11-27-15-18(26)13-25(14-19-4-3-12-28-19)10-9-20-23-21(24-29-20)16-5-7-17(22)8-6-16/h1,3-8,12,18,26H,9-11,13-15H2. The van der Waals surface area contributed by atoms with Gasteiger partial charge < -0.3 is 18.8 Å². The van der Waals surface area contributed by atoms with Crippen molar-refractivity contribution in [1.29, 1.82) is 0 Å². The number of aliphatic hydroxyl groups excluding tert-OH is 1. The van der Waals surface area contributed by atoms with Gasteiger partial charge in [-0.05, 0) is 36.4 Å². The van der Waals surface area contributed by atoms with Crippen LogP contribution in [0, 0.1) is 12.3 Å². The molecule has 3 aromatic rings. The molecule has 0 aliphatic rings. The number of ether oxygens (including phenoxy) is 1. The number of furan rings is 1. The van der Waals surface area contributed by atoms with E-state index in [-0.39, 0.29) is 13.2 Å². The van der Waals surface area contributed by atoms with E-state index in [0.717, 1.165) is 15.8 Å². The van der Waals surface area contributed by atoms with Crippen LogP contribution in [0.1, 0.15) is 11.7 Å². The van der Waals surface area contributed by atoms with Gasteiger partial charge in [-0.25, -0.2) is 0 Å². The van der Waals surface area contributed by atoms with Crippen molar-refractivity contribution in [2.24, 2.45) is 0 Å². The third-order valence-electron chi connectivity index (χ3n) is 4.14. The summed E-state index contributed by atoms with van der Waals surface area (Å²) < 4.78 is 17.0. The summed E-state index contributed by atoms with van der Waals surface area (Å²) in [5, 5.41) is 14.3. The SMILES string of the molecule is C#CCOCC(O)CN(CCc1nc(-c2ccc(Br)cc2)no1)Cc1ccco1. The molecule has 152 valence electrons. The van der Waals surface area contributed by atoms with Crippen molar-refractivity contribution >= 4 is 15.9 Å². The lowest BCUT2D eigenvalue weighted by atomic mass is 10.2. The van der Waals surface area contributed by atoms with E-state index in [1.165, 1.54) is 0 Å². The van der Waals surface area contributed by atoms with Gasteiger partial charge in [-0.1, -0.05) is 27.0 Å². The van der Waals surface area contributed by atoms with E-state index >= 15 is 0 Å². The van der Waals surface area contributed by atoms with Crippen LogP contribution < -0.4 is 0 Å². The first-order valence-electron chi connectivity index (χ1n) is 9.16. The Hall–Kier alpha value is -2.44. The quantitative estimate of drug-likeness (QED) is 0.348. The van der Waals surface area contributed by atoms with Gasteiger partial charge in [0, 0.05) is 29.5 Å². The lowest BCUT2D eigenvalue weighted by molar-refractivity contribution is 0.0247. The van der Waals surface area contributed by atoms with Crippen LogP contribution >= 0.6 is 15.9 Å². The van der Waals surface area contributed by atoms with E-state index in [4.69, 9.17) is 20.1 Å². The topological polar surface area (TPSA) is 84.8 Å². The van der Waals surface area contributed by atoms with Gasteiger partial charge in [-0.15, -0.1) is 6.42 Å². The first kappa shape index (κ1) is 21.3. The Kier molecular flexibility index (Phi) is 8.02. The molecule has 0 fully saturated rings. The average Bonchev–Trinajstić information content (AvgIpc) is 3.39. The summed E-state index contributed by atoms with van der Waals surface area (Å²) in [7, 11) is 0. The summed E-state index contributed by atoms with van der Waals surface area (Å²) in [6, 6.07) is 11.4. The Morgan fingerprint density at radius 2 is 2.10 bits per heavy atom. The molecule has 7 nitrogen and oxygen atoms in total. The molecule has 3 rings (SSSR count). The van der Waals surface area contributed by atoms with Crippen LogP contribution in [-0.4, -0.2) is 52.6 Å². The normalized spacial score (nSPS) is 12.2. The molecule has 1 atom stereocenters. The molecule has 0 amide bonds. The highest BCUT2D eigenvalue weighted by molar-refractivity contribution is 9.10. The Bertz CT molecular complexity index is 903. The molecule has 0 saturated heterocycles. The summed E-state index contributed by atoms with van der Waals surface area (Å²) in [6.45, 7) is 1.91. The number of aromatic nitrogens is 2. The molecule has 2 aromatic heterocycles. The molecule has 0 radical (unpaired) electrons. The third-order valence-corrected chi connectivity index (χ3v) is 4.67. The Morgan fingerprint density at radius 3 is 2.83 bits per heavy atom. The third kappa shape index (κ3) is 6.84. The molecule has 0 spiro atoms. The van der Waals surface area contributed by atoms with Crippen LogP contribution in [0.3, 0.4) is 0 Å². The van der Waals surface area contributed by atoms with E-state index < -0.39 is 6.10 Å². The number of aliphatic hydroxyl groups is 1. The van der Waals surface area contributed by atoms with Gasteiger partial charge in [0.15, 0.2) is 0 Å². The molecule has 1 N–H and O–H groups in total. The molecule has 29 heavy (non-hydrogen) atoms. The van der Waals surface area contributed by atoms with E-state index in [0.29, 0.717) is 37.8 Å². The molecule has 2 heterocycles. The summed E-state index contributed by atoms with van der Waals surface area (Å²) in [4.78, 5) is 6.51. The maximum absolute atomic E-state index is 10.2. The summed E-state index contributed by atoms with van der Waals surface area (Å²) in [5.74, 6) is 4.28. The molecule has 8 heteroatoms. The zero-order chi connectivity index (χ0) is 20.5. The number of hydrogen-bond acceptors (Lipinski definition) is 7. The van der Waals surface area contributed by atoms with Crippen molar-refractivity contribution in [3.05, 3.63) is 58.8 Å². The minimum absolute atomic E-state index is 0.174. The maximum atomic E-state index is 10.2. The van der Waals surface area contributed by atoms with Crippen LogP contribution in [0.5, 0.6) is 0 Å². The Morgan fingerprint density at radius 1 is 1.28 bits per heavy atom. The van der Waals surface area contributed by atoms with Gasteiger partial charge in [0.2, 0.25) is 11.7 Å². The molecule has 0 aliphatic heterocycles. The smallest absolute Gasteiger partial charge is 0.228 e. The highest BCUT2D eigenvalue weighted by atomic mass is 79.9. The molecular weight excluding hydrogens is 438 g/mol. The average molecular weight is 460 g/mol. The number of terminal acetylenes is 1. The molecule has 0 bridgehead atoms. The van der Waals surface area contributed by atoms with Gasteiger partial charge in [0.1, 0.15) is 12.4 Å². The van der Waals surface area contributed by atoms with Gasteiger partial charge in [-0.3, -0.25) is 4.90 Å². The van der Waals surface area contributed by atoms with Crippen LogP contribution in [0.15, 0.2) is 56.1 Å². The second-order valence-electron chi connectivity index (χ2n) is 6.46. The zero-order valence-corrected chi connectivity index (χ0v) is 17.4. The van der Waals surface area contributed by atoms with Crippen molar-refractivity contribution in [3.8, 4) is 23.7 Å². The fourth-order valence-electron chi connectivity index (χ4n) is 2.79. The molecule has 0 aliphatic carbocycles. The molecule has 1 unspecified atom stereocenters. The zero-order valence-electron chi connectivity index (χ0n) is 15.8. The fourth-order valence-corrected chi connectivity index (χ4v) is 3.05. The van der Waals surface area contributed by atoms with Crippen LogP contribution in [0.25, 0.3) is 11.4 Å². The van der Waals surface area contributed by atoms with Crippen LogP contribution in [0.4, 0.5) is 0 Å². The van der Waals surface area contributed by atoms with E-state index in [1.54, 1.807) is 6.26 Å². The van der Waals surface area contributed by atoms with Crippen molar-refractivity contribution in [2.45, 2.75) is 19.1 Å². The van der Waals surface area contributed by atoms with Crippen molar-refractivity contribution in [2.75, 3.05) is 26.3 Å². The highest BCUT2D eigenvalue weighted by Crippen LogP contribution is 2.19. The highest BCUT2D eigenvalue weighted by Gasteiger charge is 2.16. The second-order valence-corrected chi connectivity index (χ2v) is 7.37. The summed E-state index contributed by atoms with van der Waals surface area (Å²) in [6.07, 6.45) is 6.67. The van der Waals surface area contributed by atoms with Crippen molar-refractivity contribution in [3.63, 3.8) is 0 Å². The summed E-state index contributed by atoms with van der Waals surface area (Å²) in [5.41, 5.74) is 0.886. The number of rotatable bonds is 11. The fraction of sp³-hybridized carbons (Fsp3) is 0.333. The molecule has 1 aromatic carbocycles. The Labute approximate surface area is 177 Å². The van der Waals surface area contributed by atoms with E-state index in [2.05, 4.69) is 32.0 Å². The molecular formula is C21H22BrN3O4. The number of halogens is 1. The number of benzene rings is 1. The van der Waals surface area contributed by atoms with Gasteiger partial charge in [0.25, 0.3) is 0 Å². The van der Waals surface area contributed by atoms with E-state index in [1.807, 2.05) is 41.3 Å². The minimum Gasteiger partial charge on any atom is -0.468 e. The minimum atomic E-state index is -0.667. The van der Waals surface area contributed by atoms with Gasteiger partial charge >= 0.3 is 0 Å². The van der Waals surface area contributed by atoms with Crippen molar-refractivity contribution in [1.82, 2.24) is 15.0 Å². The monoisotopic (exact) mass is 459 g/mol. The lowest BCUT2D eigenvalue weighted by Crippen LogP contribution is -2.36. The molecule has 0 saturated carbocycles. The number of nitrogens with zero attached hydrogens (tertiary/aromatic N) is 3. The number of hydrogen-bond donors (Lipinski definition) is 1. The van der Waals surface area contributed by atoms with Gasteiger partial charge in [-0.2, -0.15) is 4.98 Å². The largest absolute Gasteiger partial charge is 0.468 e. The van der Waals surface area contributed by atoms with Crippen LogP contribution in [-0.2, 0) is 17.7 Å².